The average Bonchev–Trinajstić information content (AvgIpc) is 2.13. The molecule has 0 bridgehead atoms. The Morgan fingerprint density at radius 1 is 1.57 bits per heavy atom. The van der Waals surface area contributed by atoms with Crippen molar-refractivity contribution in [2.75, 3.05) is 0 Å². The zero-order valence-corrected chi connectivity index (χ0v) is 9.05. The standard InChI is InChI=1S/C11H10Cl2O/c1-2-4-10(11(13)14)8-5-3-6-9(12)7-8/h2-3,5-7,10H,1,4H2. The van der Waals surface area contributed by atoms with Gasteiger partial charge >= 0.3 is 0 Å². The Labute approximate surface area is 93.3 Å². The van der Waals surface area contributed by atoms with E-state index >= 15 is 0 Å². The minimum atomic E-state index is -0.382. The van der Waals surface area contributed by atoms with Crippen LogP contribution in [-0.2, 0) is 4.79 Å². The number of carbonyl (C=O) groups is 1. The number of allylic oxidation sites excluding steroid dienone is 1. The van der Waals surface area contributed by atoms with Crippen molar-refractivity contribution in [2.24, 2.45) is 0 Å². The molecule has 0 fully saturated rings. The van der Waals surface area contributed by atoms with Gasteiger partial charge in [0.1, 0.15) is 0 Å². The van der Waals surface area contributed by atoms with Crippen molar-refractivity contribution in [3.63, 3.8) is 0 Å². The van der Waals surface area contributed by atoms with E-state index in [1.54, 1.807) is 24.3 Å². The van der Waals surface area contributed by atoms with E-state index < -0.39 is 0 Å². The smallest absolute Gasteiger partial charge is 0.229 e. The molecular weight excluding hydrogens is 219 g/mol. The van der Waals surface area contributed by atoms with Crippen molar-refractivity contribution in [3.05, 3.63) is 47.5 Å². The van der Waals surface area contributed by atoms with Gasteiger partial charge in [0.25, 0.3) is 0 Å². The summed E-state index contributed by atoms with van der Waals surface area (Å²) in [6.45, 7) is 3.59. The number of benzene rings is 1. The van der Waals surface area contributed by atoms with Crippen LogP contribution in [0.4, 0.5) is 0 Å². The highest BCUT2D eigenvalue weighted by molar-refractivity contribution is 6.64. The monoisotopic (exact) mass is 228 g/mol. The molecule has 1 rings (SSSR count). The second-order valence-corrected chi connectivity index (χ2v) is 3.75. The summed E-state index contributed by atoms with van der Waals surface area (Å²) < 4.78 is 0. The molecule has 0 spiro atoms. The van der Waals surface area contributed by atoms with E-state index in [1.807, 2.05) is 6.07 Å². The molecule has 1 atom stereocenters. The first-order valence-electron chi connectivity index (χ1n) is 4.21. The van der Waals surface area contributed by atoms with E-state index in [1.165, 1.54) is 0 Å². The first-order valence-corrected chi connectivity index (χ1v) is 4.96. The quantitative estimate of drug-likeness (QED) is 0.567. The van der Waals surface area contributed by atoms with Gasteiger partial charge in [0.15, 0.2) is 0 Å². The van der Waals surface area contributed by atoms with Crippen molar-refractivity contribution in [1.82, 2.24) is 0 Å². The number of carbonyl (C=O) groups excluding carboxylic acids is 1. The lowest BCUT2D eigenvalue weighted by Gasteiger charge is -2.10. The Balaban J connectivity index is 2.98. The molecule has 3 heteroatoms. The molecule has 0 radical (unpaired) electrons. The summed E-state index contributed by atoms with van der Waals surface area (Å²) in [5, 5.41) is 0.224. The summed E-state index contributed by atoms with van der Waals surface area (Å²) in [6.07, 6.45) is 2.20. The van der Waals surface area contributed by atoms with Gasteiger partial charge in [-0.2, -0.15) is 0 Å². The molecule has 0 N–H and O–H groups in total. The van der Waals surface area contributed by atoms with E-state index in [0.717, 1.165) is 5.56 Å². The fraction of sp³-hybridized carbons (Fsp3) is 0.182. The van der Waals surface area contributed by atoms with Crippen LogP contribution < -0.4 is 0 Å². The van der Waals surface area contributed by atoms with Crippen LogP contribution in [0.1, 0.15) is 17.9 Å². The summed E-state index contributed by atoms with van der Waals surface area (Å²) in [7, 11) is 0. The third-order valence-corrected chi connectivity index (χ3v) is 2.43. The molecule has 0 aliphatic carbocycles. The van der Waals surface area contributed by atoms with Crippen LogP contribution in [0.3, 0.4) is 0 Å². The zero-order valence-electron chi connectivity index (χ0n) is 7.54. The minimum absolute atomic E-state index is 0.340. The number of halogens is 2. The van der Waals surface area contributed by atoms with Crippen LogP contribution in [0.2, 0.25) is 5.02 Å². The molecule has 0 amide bonds. The van der Waals surface area contributed by atoms with E-state index in [2.05, 4.69) is 6.58 Å². The summed E-state index contributed by atoms with van der Waals surface area (Å²) in [6, 6.07) is 7.14. The fourth-order valence-electron chi connectivity index (χ4n) is 1.25. The molecule has 0 heterocycles. The average molecular weight is 229 g/mol. The Kier molecular flexibility index (Phi) is 4.18. The van der Waals surface area contributed by atoms with Gasteiger partial charge in [-0.25, -0.2) is 0 Å². The van der Waals surface area contributed by atoms with Gasteiger partial charge in [-0.3, -0.25) is 4.79 Å². The Morgan fingerprint density at radius 2 is 2.29 bits per heavy atom. The lowest BCUT2D eigenvalue weighted by atomic mass is 9.97. The fourth-order valence-corrected chi connectivity index (χ4v) is 1.66. The van der Waals surface area contributed by atoms with Crippen LogP contribution in [0.5, 0.6) is 0 Å². The molecule has 1 unspecified atom stereocenters. The van der Waals surface area contributed by atoms with E-state index in [4.69, 9.17) is 23.2 Å². The van der Waals surface area contributed by atoms with Crippen LogP contribution in [0.15, 0.2) is 36.9 Å². The Morgan fingerprint density at radius 3 is 2.79 bits per heavy atom. The summed E-state index contributed by atoms with van der Waals surface area (Å²) in [5.74, 6) is -0.340. The van der Waals surface area contributed by atoms with Gasteiger partial charge in [-0.05, 0) is 35.7 Å². The molecule has 0 aromatic heterocycles. The predicted octanol–water partition coefficient (Wildman–Crippen LogP) is 3.77. The Hall–Kier alpha value is -0.790. The summed E-state index contributed by atoms with van der Waals surface area (Å²) >= 11 is 11.3. The van der Waals surface area contributed by atoms with Crippen molar-refractivity contribution in [3.8, 4) is 0 Å². The molecule has 1 nitrogen and oxygen atoms in total. The molecule has 74 valence electrons. The van der Waals surface area contributed by atoms with Crippen molar-refractivity contribution >= 4 is 28.4 Å². The van der Waals surface area contributed by atoms with E-state index in [0.29, 0.717) is 11.4 Å². The molecule has 0 saturated heterocycles. The first-order chi connectivity index (χ1) is 6.65. The minimum Gasteiger partial charge on any atom is -0.281 e. The van der Waals surface area contributed by atoms with E-state index in [9.17, 15) is 4.79 Å². The van der Waals surface area contributed by atoms with Gasteiger partial charge in [0, 0.05) is 5.02 Å². The maximum Gasteiger partial charge on any atom is 0.229 e. The molecule has 0 aliphatic rings. The molecule has 0 aliphatic heterocycles. The van der Waals surface area contributed by atoms with Gasteiger partial charge < -0.3 is 0 Å². The van der Waals surface area contributed by atoms with Gasteiger partial charge in [0.2, 0.25) is 5.24 Å². The first kappa shape index (κ1) is 11.3. The Bertz CT molecular complexity index is 347. The third-order valence-electron chi connectivity index (χ3n) is 1.93. The SMILES string of the molecule is C=CCC(C(=O)Cl)c1cccc(Cl)c1. The topological polar surface area (TPSA) is 17.1 Å². The van der Waals surface area contributed by atoms with Crippen LogP contribution in [-0.4, -0.2) is 5.24 Å². The highest BCUT2D eigenvalue weighted by Crippen LogP contribution is 2.25. The number of hydrogen-bond donors (Lipinski definition) is 0. The van der Waals surface area contributed by atoms with Gasteiger partial charge in [0.05, 0.1) is 5.92 Å². The van der Waals surface area contributed by atoms with E-state index in [-0.39, 0.29) is 11.2 Å². The molecule has 14 heavy (non-hydrogen) atoms. The normalized spacial score (nSPS) is 12.1. The van der Waals surface area contributed by atoms with Crippen molar-refractivity contribution in [1.29, 1.82) is 0 Å². The van der Waals surface area contributed by atoms with Crippen molar-refractivity contribution in [2.45, 2.75) is 12.3 Å². The van der Waals surface area contributed by atoms with Crippen LogP contribution in [0.25, 0.3) is 0 Å². The number of hydrogen-bond acceptors (Lipinski definition) is 1. The third kappa shape index (κ3) is 2.86. The van der Waals surface area contributed by atoms with Gasteiger partial charge in [-0.15, -0.1) is 6.58 Å². The maximum atomic E-state index is 11.1. The highest BCUT2D eigenvalue weighted by Gasteiger charge is 2.16. The van der Waals surface area contributed by atoms with Crippen LogP contribution >= 0.6 is 23.2 Å². The van der Waals surface area contributed by atoms with Gasteiger partial charge in [-0.1, -0.05) is 29.8 Å². The lowest BCUT2D eigenvalue weighted by Crippen LogP contribution is -2.05. The highest BCUT2D eigenvalue weighted by atomic mass is 35.5. The zero-order chi connectivity index (χ0) is 10.6. The molecule has 1 aromatic carbocycles. The number of rotatable bonds is 4. The van der Waals surface area contributed by atoms with Crippen molar-refractivity contribution < 1.29 is 4.79 Å². The molecule has 0 saturated carbocycles. The lowest BCUT2D eigenvalue weighted by molar-refractivity contribution is -0.112. The summed E-state index contributed by atoms with van der Waals surface area (Å²) in [4.78, 5) is 11.1. The largest absolute Gasteiger partial charge is 0.281 e. The van der Waals surface area contributed by atoms with Crippen LogP contribution in [0, 0.1) is 0 Å². The molecule has 1 aromatic rings. The molecular formula is C11H10Cl2O. The maximum absolute atomic E-state index is 11.1. The second-order valence-electron chi connectivity index (χ2n) is 2.94. The summed E-state index contributed by atoms with van der Waals surface area (Å²) in [5.41, 5.74) is 0.831. The predicted molar refractivity (Wildman–Crippen MR) is 59.9 cm³/mol. The second kappa shape index (κ2) is 5.18.